The SMILES string of the molecule is CC(=O)NCc1ccc(-c2csc(NC(N)=NCCc3ccc(C)o3)n2)o1. The molecule has 0 saturated heterocycles. The lowest BCUT2D eigenvalue weighted by molar-refractivity contribution is -0.119. The Bertz CT molecular complexity index is 940. The van der Waals surface area contributed by atoms with Crippen LogP contribution in [0.25, 0.3) is 11.5 Å². The second-order valence-corrected chi connectivity index (χ2v) is 6.73. The van der Waals surface area contributed by atoms with E-state index in [0.717, 1.165) is 11.5 Å². The molecule has 0 atom stereocenters. The molecule has 1 amide bonds. The molecule has 0 aliphatic carbocycles. The number of nitrogens with one attached hydrogen (secondary N) is 2. The van der Waals surface area contributed by atoms with Crippen LogP contribution in [0.3, 0.4) is 0 Å². The van der Waals surface area contributed by atoms with E-state index < -0.39 is 0 Å². The summed E-state index contributed by atoms with van der Waals surface area (Å²) >= 11 is 1.40. The fourth-order valence-electron chi connectivity index (χ4n) is 2.32. The van der Waals surface area contributed by atoms with Crippen LogP contribution >= 0.6 is 11.3 Å². The number of aliphatic imine (C=N–C) groups is 1. The molecule has 3 aromatic rings. The maximum Gasteiger partial charge on any atom is 0.217 e. The number of anilines is 1. The van der Waals surface area contributed by atoms with E-state index in [0.29, 0.717) is 47.8 Å². The summed E-state index contributed by atoms with van der Waals surface area (Å²) in [6.07, 6.45) is 0.683. The molecular formula is C18H21N5O3S. The highest BCUT2D eigenvalue weighted by atomic mass is 32.1. The van der Waals surface area contributed by atoms with Crippen LogP contribution in [0.15, 0.2) is 43.5 Å². The number of furan rings is 2. The zero-order chi connectivity index (χ0) is 19.2. The summed E-state index contributed by atoms with van der Waals surface area (Å²) in [5, 5.41) is 8.15. The Morgan fingerprint density at radius 2 is 2.07 bits per heavy atom. The van der Waals surface area contributed by atoms with Crippen molar-refractivity contribution < 1.29 is 13.6 Å². The van der Waals surface area contributed by atoms with E-state index in [2.05, 4.69) is 20.6 Å². The van der Waals surface area contributed by atoms with Gasteiger partial charge in [0.05, 0.1) is 6.54 Å². The molecule has 4 N–H and O–H groups in total. The van der Waals surface area contributed by atoms with Gasteiger partial charge < -0.3 is 25.2 Å². The summed E-state index contributed by atoms with van der Waals surface area (Å²) in [7, 11) is 0. The van der Waals surface area contributed by atoms with Gasteiger partial charge in [-0.1, -0.05) is 0 Å². The first-order valence-electron chi connectivity index (χ1n) is 8.41. The number of nitrogens with two attached hydrogens (primary N) is 1. The number of hydrogen-bond donors (Lipinski definition) is 3. The van der Waals surface area contributed by atoms with Gasteiger partial charge in [0.2, 0.25) is 5.91 Å². The number of guanidine groups is 1. The Kier molecular flexibility index (Phi) is 5.92. The van der Waals surface area contributed by atoms with Crippen molar-refractivity contribution in [1.29, 1.82) is 0 Å². The molecule has 3 heterocycles. The van der Waals surface area contributed by atoms with Gasteiger partial charge in [-0.2, -0.15) is 0 Å². The molecule has 3 aromatic heterocycles. The molecule has 8 nitrogen and oxygen atoms in total. The summed E-state index contributed by atoms with van der Waals surface area (Å²) < 4.78 is 11.2. The van der Waals surface area contributed by atoms with Crippen LogP contribution in [-0.4, -0.2) is 23.4 Å². The van der Waals surface area contributed by atoms with Crippen molar-refractivity contribution in [3.63, 3.8) is 0 Å². The molecule has 0 aromatic carbocycles. The average Bonchev–Trinajstić information content (AvgIpc) is 3.34. The molecule has 0 fully saturated rings. The molecule has 0 spiro atoms. The molecule has 9 heteroatoms. The van der Waals surface area contributed by atoms with Crippen LogP contribution in [0.5, 0.6) is 0 Å². The number of aromatic nitrogens is 1. The van der Waals surface area contributed by atoms with E-state index in [4.69, 9.17) is 14.6 Å². The van der Waals surface area contributed by atoms with E-state index >= 15 is 0 Å². The molecule has 142 valence electrons. The van der Waals surface area contributed by atoms with Crippen LogP contribution in [0.4, 0.5) is 5.13 Å². The number of thiazole rings is 1. The molecule has 27 heavy (non-hydrogen) atoms. The highest BCUT2D eigenvalue weighted by Crippen LogP contribution is 2.26. The zero-order valence-electron chi connectivity index (χ0n) is 15.1. The summed E-state index contributed by atoms with van der Waals surface area (Å²) in [4.78, 5) is 19.7. The largest absolute Gasteiger partial charge is 0.466 e. The lowest BCUT2D eigenvalue weighted by Gasteiger charge is -2.01. The first kappa shape index (κ1) is 18.7. The number of carbonyl (C=O) groups is 1. The van der Waals surface area contributed by atoms with E-state index in [1.54, 1.807) is 0 Å². The Balaban J connectivity index is 1.54. The van der Waals surface area contributed by atoms with Crippen LogP contribution in [0, 0.1) is 6.92 Å². The Morgan fingerprint density at radius 3 is 2.81 bits per heavy atom. The summed E-state index contributed by atoms with van der Waals surface area (Å²) in [5.74, 6) is 3.25. The zero-order valence-corrected chi connectivity index (χ0v) is 15.9. The van der Waals surface area contributed by atoms with Gasteiger partial charge in [0, 0.05) is 25.3 Å². The second kappa shape index (κ2) is 8.54. The summed E-state index contributed by atoms with van der Waals surface area (Å²) in [6, 6.07) is 7.49. The quantitative estimate of drug-likeness (QED) is 0.424. The van der Waals surface area contributed by atoms with Crippen molar-refractivity contribution >= 4 is 28.3 Å². The standard InChI is InChI=1S/C18H21N5O3S/c1-11-3-4-13(25-11)7-8-20-17(19)23-18-22-15(10-27-18)16-6-5-14(26-16)9-21-12(2)24/h3-6,10H,7-9H2,1-2H3,(H,21,24)(H3,19,20,22,23). The summed E-state index contributed by atoms with van der Waals surface area (Å²) in [5.41, 5.74) is 6.60. The predicted octanol–water partition coefficient (Wildman–Crippen LogP) is 2.91. The number of aryl methyl sites for hydroxylation is 1. The fraction of sp³-hybridized carbons (Fsp3) is 0.278. The van der Waals surface area contributed by atoms with Gasteiger partial charge in [0.1, 0.15) is 23.0 Å². The third kappa shape index (κ3) is 5.45. The molecule has 0 bridgehead atoms. The number of amides is 1. The number of carbonyl (C=O) groups excluding carboxylic acids is 1. The minimum atomic E-state index is -0.106. The third-order valence-corrected chi connectivity index (χ3v) is 4.36. The van der Waals surface area contributed by atoms with Gasteiger partial charge in [-0.05, 0) is 31.2 Å². The van der Waals surface area contributed by atoms with Gasteiger partial charge >= 0.3 is 0 Å². The second-order valence-electron chi connectivity index (χ2n) is 5.87. The monoisotopic (exact) mass is 387 g/mol. The lowest BCUT2D eigenvalue weighted by Crippen LogP contribution is -2.22. The third-order valence-electron chi connectivity index (χ3n) is 3.60. The first-order chi connectivity index (χ1) is 13.0. The van der Waals surface area contributed by atoms with Gasteiger partial charge in [-0.25, -0.2) is 4.98 Å². The number of rotatable bonds is 7. The Hall–Kier alpha value is -3.07. The van der Waals surface area contributed by atoms with Gasteiger partial charge in [-0.3, -0.25) is 9.79 Å². The normalized spacial score (nSPS) is 11.6. The Labute approximate surface area is 160 Å². The van der Waals surface area contributed by atoms with E-state index in [-0.39, 0.29) is 5.91 Å². The number of hydrogen-bond acceptors (Lipinski definition) is 6. The van der Waals surface area contributed by atoms with Gasteiger partial charge in [0.15, 0.2) is 16.9 Å². The lowest BCUT2D eigenvalue weighted by atomic mass is 10.3. The minimum Gasteiger partial charge on any atom is -0.466 e. The molecule has 0 aliphatic rings. The molecule has 0 unspecified atom stereocenters. The van der Waals surface area contributed by atoms with Crippen molar-refractivity contribution in [2.45, 2.75) is 26.8 Å². The topological polar surface area (TPSA) is 119 Å². The van der Waals surface area contributed by atoms with Crippen molar-refractivity contribution in [1.82, 2.24) is 10.3 Å². The maximum absolute atomic E-state index is 11.0. The van der Waals surface area contributed by atoms with Gasteiger partial charge in [-0.15, -0.1) is 11.3 Å². The van der Waals surface area contributed by atoms with Crippen LogP contribution in [0.2, 0.25) is 0 Å². The highest BCUT2D eigenvalue weighted by molar-refractivity contribution is 7.14. The van der Waals surface area contributed by atoms with Gasteiger partial charge in [0.25, 0.3) is 0 Å². The highest BCUT2D eigenvalue weighted by Gasteiger charge is 2.10. The average molecular weight is 387 g/mol. The maximum atomic E-state index is 11.0. The molecule has 0 radical (unpaired) electrons. The minimum absolute atomic E-state index is 0.106. The molecular weight excluding hydrogens is 366 g/mol. The van der Waals surface area contributed by atoms with Crippen LogP contribution < -0.4 is 16.4 Å². The Morgan fingerprint density at radius 1 is 1.26 bits per heavy atom. The first-order valence-corrected chi connectivity index (χ1v) is 9.29. The van der Waals surface area contributed by atoms with Crippen molar-refractivity contribution in [3.8, 4) is 11.5 Å². The van der Waals surface area contributed by atoms with Crippen molar-refractivity contribution in [3.05, 3.63) is 46.9 Å². The van der Waals surface area contributed by atoms with Crippen LogP contribution in [-0.2, 0) is 17.8 Å². The van der Waals surface area contributed by atoms with E-state index in [9.17, 15) is 4.79 Å². The summed E-state index contributed by atoms with van der Waals surface area (Å²) in [6.45, 7) is 4.24. The van der Waals surface area contributed by atoms with Crippen LogP contribution in [0.1, 0.15) is 24.2 Å². The van der Waals surface area contributed by atoms with E-state index in [1.807, 2.05) is 36.6 Å². The fourth-order valence-corrected chi connectivity index (χ4v) is 3.03. The molecule has 0 saturated carbocycles. The van der Waals surface area contributed by atoms with Crippen molar-refractivity contribution in [2.75, 3.05) is 11.9 Å². The van der Waals surface area contributed by atoms with Crippen molar-refractivity contribution in [2.24, 2.45) is 10.7 Å². The smallest absolute Gasteiger partial charge is 0.217 e. The van der Waals surface area contributed by atoms with E-state index in [1.165, 1.54) is 18.3 Å². The number of nitrogens with zero attached hydrogens (tertiary/aromatic N) is 2. The molecule has 0 aliphatic heterocycles. The molecule has 3 rings (SSSR count). The predicted molar refractivity (Wildman–Crippen MR) is 105 cm³/mol.